The Hall–Kier alpha value is -1.90. The molecule has 2 bridgehead atoms. The van der Waals surface area contributed by atoms with Crippen molar-refractivity contribution in [2.45, 2.75) is 32.6 Å². The molecule has 7 heteroatoms. The van der Waals surface area contributed by atoms with Gasteiger partial charge in [0.25, 0.3) is 0 Å². The number of benzene rings is 1. The molecule has 1 heterocycles. The first-order valence-corrected chi connectivity index (χ1v) is 11.2. The van der Waals surface area contributed by atoms with Crippen molar-refractivity contribution in [3.05, 3.63) is 48.0 Å². The van der Waals surface area contributed by atoms with Crippen molar-refractivity contribution < 1.29 is 9.59 Å². The van der Waals surface area contributed by atoms with Crippen LogP contribution < -0.4 is 10.6 Å². The second kappa shape index (κ2) is 10.6. The Kier molecular flexibility index (Phi) is 8.13. The topological polar surface area (TPSA) is 73.8 Å². The summed E-state index contributed by atoms with van der Waals surface area (Å²) in [6.07, 6.45) is 5.97. The van der Waals surface area contributed by atoms with Crippen LogP contribution in [0.3, 0.4) is 0 Å². The molecule has 1 aliphatic heterocycles. The summed E-state index contributed by atoms with van der Waals surface area (Å²) in [5.41, 5.74) is 1.28. The van der Waals surface area contributed by atoms with E-state index in [1.54, 1.807) is 0 Å². The SMILES string of the molecule is CCNC(=NCC(C)c1ccccc1)NCCCN1C(=O)C2C3C=CC(C3)C2C1=O.I. The summed E-state index contributed by atoms with van der Waals surface area (Å²) in [4.78, 5) is 31.7. The van der Waals surface area contributed by atoms with Crippen LogP contribution in [-0.4, -0.2) is 48.9 Å². The van der Waals surface area contributed by atoms with Crippen LogP contribution in [0.5, 0.6) is 0 Å². The molecule has 0 spiro atoms. The monoisotopic (exact) mass is 536 g/mol. The van der Waals surface area contributed by atoms with Crippen LogP contribution in [-0.2, 0) is 9.59 Å². The average Bonchev–Trinajstić information content (AvgIpc) is 3.44. The number of halogens is 1. The van der Waals surface area contributed by atoms with E-state index in [1.165, 1.54) is 10.5 Å². The van der Waals surface area contributed by atoms with Crippen molar-refractivity contribution in [1.29, 1.82) is 0 Å². The van der Waals surface area contributed by atoms with Crippen molar-refractivity contribution in [2.75, 3.05) is 26.2 Å². The summed E-state index contributed by atoms with van der Waals surface area (Å²) >= 11 is 0. The van der Waals surface area contributed by atoms with Gasteiger partial charge in [0.1, 0.15) is 0 Å². The maximum absolute atomic E-state index is 12.7. The third-order valence-corrected chi connectivity index (χ3v) is 6.65. The van der Waals surface area contributed by atoms with Crippen LogP contribution in [0.4, 0.5) is 0 Å². The molecule has 2 fully saturated rings. The van der Waals surface area contributed by atoms with Crippen LogP contribution in [0.25, 0.3) is 0 Å². The standard InChI is InChI=1S/C24H32N4O2.HI/c1-3-25-24(27-15-16(2)17-8-5-4-6-9-17)26-12-7-13-28-22(29)20-18-10-11-19(14-18)21(20)23(28)30;/h4-6,8-11,16,18-21H,3,7,12-15H2,1-2H3,(H2,25,26,27);1H. The highest BCUT2D eigenvalue weighted by Crippen LogP contribution is 2.52. The second-order valence-electron chi connectivity index (χ2n) is 8.64. The highest BCUT2D eigenvalue weighted by atomic mass is 127. The number of carbonyl (C=O) groups is 2. The number of amides is 2. The average molecular weight is 536 g/mol. The number of nitrogens with zero attached hydrogens (tertiary/aromatic N) is 2. The van der Waals surface area contributed by atoms with Gasteiger partial charge in [0.05, 0.1) is 11.8 Å². The second-order valence-corrected chi connectivity index (χ2v) is 8.64. The van der Waals surface area contributed by atoms with E-state index in [1.807, 2.05) is 13.0 Å². The number of likely N-dealkylation sites (tertiary alicyclic amines) is 1. The van der Waals surface area contributed by atoms with Crippen LogP contribution in [0.15, 0.2) is 47.5 Å². The van der Waals surface area contributed by atoms with E-state index in [0.717, 1.165) is 25.3 Å². The summed E-state index contributed by atoms with van der Waals surface area (Å²) in [6, 6.07) is 10.4. The Morgan fingerprint density at radius 1 is 1.10 bits per heavy atom. The molecule has 0 aromatic heterocycles. The van der Waals surface area contributed by atoms with Gasteiger partial charge in [0.2, 0.25) is 11.8 Å². The van der Waals surface area contributed by atoms with E-state index in [9.17, 15) is 9.59 Å². The third-order valence-electron chi connectivity index (χ3n) is 6.65. The smallest absolute Gasteiger partial charge is 0.233 e. The van der Waals surface area contributed by atoms with Crippen molar-refractivity contribution in [2.24, 2.45) is 28.7 Å². The van der Waals surface area contributed by atoms with Gasteiger partial charge in [0.15, 0.2) is 5.96 Å². The maximum Gasteiger partial charge on any atom is 0.233 e. The van der Waals surface area contributed by atoms with Crippen molar-refractivity contribution >= 4 is 41.8 Å². The molecule has 6 nitrogen and oxygen atoms in total. The van der Waals surface area contributed by atoms with E-state index in [0.29, 0.717) is 25.6 Å². The number of imide groups is 1. The molecule has 2 aliphatic carbocycles. The van der Waals surface area contributed by atoms with Crippen molar-refractivity contribution in [3.8, 4) is 0 Å². The minimum atomic E-state index is -0.0983. The lowest BCUT2D eigenvalue weighted by molar-refractivity contribution is -0.140. The fraction of sp³-hybridized carbons (Fsp3) is 0.542. The van der Waals surface area contributed by atoms with Gasteiger partial charge in [-0.15, -0.1) is 24.0 Å². The molecule has 4 rings (SSSR count). The molecule has 1 saturated carbocycles. The minimum absolute atomic E-state index is 0. The molecular weight excluding hydrogens is 503 g/mol. The molecule has 3 aliphatic rings. The van der Waals surface area contributed by atoms with E-state index in [2.05, 4.69) is 54.0 Å². The highest BCUT2D eigenvalue weighted by molar-refractivity contribution is 14.0. The van der Waals surface area contributed by atoms with E-state index < -0.39 is 0 Å². The van der Waals surface area contributed by atoms with Crippen molar-refractivity contribution in [1.82, 2.24) is 15.5 Å². The molecule has 0 radical (unpaired) electrons. The molecule has 2 N–H and O–H groups in total. The normalized spacial score (nSPS) is 27.3. The Morgan fingerprint density at radius 2 is 1.74 bits per heavy atom. The van der Waals surface area contributed by atoms with Gasteiger partial charge in [-0.25, -0.2) is 0 Å². The van der Waals surface area contributed by atoms with Gasteiger partial charge < -0.3 is 10.6 Å². The first kappa shape index (κ1) is 23.8. The zero-order valence-corrected chi connectivity index (χ0v) is 20.6. The quantitative estimate of drug-likeness (QED) is 0.134. The molecule has 1 saturated heterocycles. The van der Waals surface area contributed by atoms with E-state index in [-0.39, 0.29) is 59.5 Å². The molecular formula is C24H33IN4O2. The highest BCUT2D eigenvalue weighted by Gasteiger charge is 2.58. The molecule has 168 valence electrons. The van der Waals surface area contributed by atoms with Gasteiger partial charge in [-0.3, -0.25) is 19.5 Å². The fourth-order valence-electron chi connectivity index (χ4n) is 5.09. The van der Waals surface area contributed by atoms with E-state index >= 15 is 0 Å². The van der Waals surface area contributed by atoms with Crippen molar-refractivity contribution in [3.63, 3.8) is 0 Å². The number of guanidine groups is 1. The number of allylic oxidation sites excluding steroid dienone is 2. The Balaban J connectivity index is 0.00000272. The summed E-state index contributed by atoms with van der Waals surface area (Å²) < 4.78 is 0. The number of hydrogen-bond acceptors (Lipinski definition) is 3. The lowest BCUT2D eigenvalue weighted by Gasteiger charge is -2.18. The lowest BCUT2D eigenvalue weighted by Crippen LogP contribution is -2.40. The first-order valence-electron chi connectivity index (χ1n) is 11.2. The molecule has 2 amide bonds. The molecule has 5 unspecified atom stereocenters. The Bertz CT molecular complexity index is 811. The molecule has 31 heavy (non-hydrogen) atoms. The number of hydrogen-bond donors (Lipinski definition) is 2. The predicted octanol–water partition coefficient (Wildman–Crippen LogP) is 3.16. The molecule has 1 aromatic carbocycles. The maximum atomic E-state index is 12.7. The number of aliphatic imine (C=N–C) groups is 1. The number of nitrogens with one attached hydrogen (secondary N) is 2. The van der Waals surface area contributed by atoms with E-state index in [4.69, 9.17) is 4.99 Å². The van der Waals surface area contributed by atoms with Crippen LogP contribution in [0.1, 0.15) is 38.2 Å². The number of rotatable bonds is 8. The molecule has 5 atom stereocenters. The number of carbonyl (C=O) groups excluding carboxylic acids is 2. The van der Waals surface area contributed by atoms with Gasteiger partial charge in [-0.2, -0.15) is 0 Å². The zero-order valence-electron chi connectivity index (χ0n) is 18.3. The minimum Gasteiger partial charge on any atom is -0.357 e. The Morgan fingerprint density at radius 3 is 2.35 bits per heavy atom. The summed E-state index contributed by atoms with van der Waals surface area (Å²) in [5.74, 6) is 1.55. The third kappa shape index (κ3) is 4.96. The zero-order chi connectivity index (χ0) is 21.1. The summed E-state index contributed by atoms with van der Waals surface area (Å²) in [7, 11) is 0. The largest absolute Gasteiger partial charge is 0.357 e. The lowest BCUT2D eigenvalue weighted by atomic mass is 9.85. The fourth-order valence-corrected chi connectivity index (χ4v) is 5.09. The van der Waals surface area contributed by atoms with Gasteiger partial charge in [0, 0.05) is 32.1 Å². The van der Waals surface area contributed by atoms with Crippen LogP contribution in [0.2, 0.25) is 0 Å². The van der Waals surface area contributed by atoms with Gasteiger partial charge in [-0.1, -0.05) is 49.4 Å². The summed E-state index contributed by atoms with van der Waals surface area (Å²) in [5, 5.41) is 6.61. The summed E-state index contributed by atoms with van der Waals surface area (Å²) in [6.45, 7) is 6.85. The van der Waals surface area contributed by atoms with Gasteiger partial charge >= 0.3 is 0 Å². The van der Waals surface area contributed by atoms with Gasteiger partial charge in [-0.05, 0) is 37.2 Å². The van der Waals surface area contributed by atoms with Crippen LogP contribution >= 0.6 is 24.0 Å². The predicted molar refractivity (Wildman–Crippen MR) is 133 cm³/mol. The molecule has 1 aromatic rings. The first-order chi connectivity index (χ1) is 14.6. The Labute approximate surface area is 202 Å². The van der Waals surface area contributed by atoms with Crippen LogP contribution in [0, 0.1) is 23.7 Å². The number of fused-ring (bicyclic) bond motifs is 5.